The van der Waals surface area contributed by atoms with Crippen LogP contribution in [0.15, 0.2) is 53.2 Å². The summed E-state index contributed by atoms with van der Waals surface area (Å²) in [7, 11) is 0. The minimum atomic E-state index is -4.72. The average Bonchev–Trinajstić information content (AvgIpc) is 3.69. The summed E-state index contributed by atoms with van der Waals surface area (Å²) in [6.07, 6.45) is -5.30. The monoisotopic (exact) mass is 689 g/mol. The Bertz CT molecular complexity index is 1940. The van der Waals surface area contributed by atoms with Crippen molar-refractivity contribution in [1.82, 2.24) is 25.3 Å². The van der Waals surface area contributed by atoms with Crippen LogP contribution in [0.2, 0.25) is 0 Å². The highest BCUT2D eigenvalue weighted by molar-refractivity contribution is 6.01. The highest BCUT2D eigenvalue weighted by Gasteiger charge is 2.47. The van der Waals surface area contributed by atoms with Gasteiger partial charge in [0, 0.05) is 23.7 Å². The Morgan fingerprint density at radius 3 is 2.37 bits per heavy atom. The van der Waals surface area contributed by atoms with Gasteiger partial charge < -0.3 is 19.4 Å². The molecule has 3 heterocycles. The van der Waals surface area contributed by atoms with Crippen LogP contribution >= 0.6 is 0 Å². The molecule has 1 atom stereocenters. The number of anilines is 1. The van der Waals surface area contributed by atoms with Crippen LogP contribution in [0.1, 0.15) is 58.1 Å². The van der Waals surface area contributed by atoms with Crippen molar-refractivity contribution < 1.29 is 45.1 Å². The molecule has 0 bridgehead atoms. The van der Waals surface area contributed by atoms with Gasteiger partial charge in [0.05, 0.1) is 30.1 Å². The van der Waals surface area contributed by atoms with E-state index in [1.165, 1.54) is 38.1 Å². The maximum Gasteiger partial charge on any atom is 0.504 e. The van der Waals surface area contributed by atoms with Crippen LogP contribution in [-0.2, 0) is 33.7 Å². The SMILES string of the molecule is CC(C)(C)OC(=O)N[C@H]1CC(F)(F)c2cc(F)c(-c3nnc(C(C)(C)C#N)o3)cc2N(Cc2ccc(-c3cnn(C(F)(F)F)c3)cc2)C1=O. The Morgan fingerprint density at radius 1 is 1.10 bits per heavy atom. The number of nitrogens with zero attached hydrogens (tertiary/aromatic N) is 6. The van der Waals surface area contributed by atoms with E-state index in [-0.39, 0.29) is 16.1 Å². The Kier molecular flexibility index (Phi) is 8.73. The van der Waals surface area contributed by atoms with E-state index in [0.29, 0.717) is 17.2 Å². The lowest BCUT2D eigenvalue weighted by molar-refractivity contribution is -0.212. The number of alkyl carbamates (subject to hydrolysis) is 1. The standard InChI is InChI=1S/C32H29F6N7O4/c1-29(2,3)49-28(47)41-23-12-31(34,35)21-11-22(33)20(25-42-43-27(48-25)30(4,5)16-39)10-24(21)44(26(23)46)14-17-6-8-18(9-7-17)19-13-40-45(15-19)32(36,37)38/h6-11,13,15,23H,12,14H2,1-5H3,(H,41,47)/t23-/m0/s1. The Balaban J connectivity index is 1.58. The van der Waals surface area contributed by atoms with Crippen molar-refractivity contribution in [3.8, 4) is 28.7 Å². The van der Waals surface area contributed by atoms with Crippen molar-refractivity contribution in [3.63, 3.8) is 0 Å². The molecular formula is C32H29F6N7O4. The molecule has 11 nitrogen and oxygen atoms in total. The van der Waals surface area contributed by atoms with Gasteiger partial charge in [-0.15, -0.1) is 23.4 Å². The molecule has 17 heteroatoms. The number of amides is 2. The number of carbonyl (C=O) groups is 2. The third-order valence-corrected chi connectivity index (χ3v) is 7.43. The molecule has 258 valence electrons. The first kappa shape index (κ1) is 34.9. The van der Waals surface area contributed by atoms with E-state index in [1.54, 1.807) is 20.8 Å². The van der Waals surface area contributed by atoms with E-state index in [2.05, 4.69) is 20.6 Å². The van der Waals surface area contributed by atoms with Gasteiger partial charge in [0.25, 0.3) is 11.8 Å². The van der Waals surface area contributed by atoms with Gasteiger partial charge in [-0.2, -0.15) is 15.0 Å². The van der Waals surface area contributed by atoms with Crippen molar-refractivity contribution in [2.75, 3.05) is 4.90 Å². The number of carbonyl (C=O) groups excluding carboxylic acids is 2. The predicted octanol–water partition coefficient (Wildman–Crippen LogP) is 6.94. The van der Waals surface area contributed by atoms with E-state index in [4.69, 9.17) is 9.15 Å². The Hall–Kier alpha value is -5.40. The Morgan fingerprint density at radius 2 is 1.78 bits per heavy atom. The third kappa shape index (κ3) is 7.37. The van der Waals surface area contributed by atoms with Gasteiger partial charge in [0.1, 0.15) is 22.9 Å². The molecule has 0 saturated carbocycles. The summed E-state index contributed by atoms with van der Waals surface area (Å²) in [6.45, 7) is 7.19. The number of alkyl halides is 5. The second kappa shape index (κ2) is 12.2. The molecule has 2 aromatic carbocycles. The fourth-order valence-corrected chi connectivity index (χ4v) is 4.96. The Labute approximate surface area is 275 Å². The van der Waals surface area contributed by atoms with Crippen molar-refractivity contribution in [2.24, 2.45) is 0 Å². The second-order valence-electron chi connectivity index (χ2n) is 12.9. The number of benzene rings is 2. The number of rotatable bonds is 6. The van der Waals surface area contributed by atoms with Gasteiger partial charge in [-0.25, -0.2) is 18.0 Å². The molecule has 49 heavy (non-hydrogen) atoms. The molecule has 4 aromatic rings. The van der Waals surface area contributed by atoms with Crippen molar-refractivity contribution in [2.45, 2.75) is 76.9 Å². The molecule has 0 aliphatic carbocycles. The van der Waals surface area contributed by atoms with Crippen LogP contribution < -0.4 is 10.2 Å². The number of ether oxygens (including phenoxy) is 1. The first-order valence-electron chi connectivity index (χ1n) is 14.7. The number of nitriles is 1. The molecule has 0 saturated heterocycles. The number of nitrogens with one attached hydrogen (secondary N) is 1. The molecule has 0 fully saturated rings. The van der Waals surface area contributed by atoms with E-state index >= 15 is 13.2 Å². The largest absolute Gasteiger partial charge is 0.504 e. The quantitative estimate of drug-likeness (QED) is 0.215. The lowest BCUT2D eigenvalue weighted by atomic mass is 9.96. The van der Waals surface area contributed by atoms with Gasteiger partial charge in [-0.3, -0.25) is 4.79 Å². The summed E-state index contributed by atoms with van der Waals surface area (Å²) >= 11 is 0. The van der Waals surface area contributed by atoms with Crippen LogP contribution in [0.4, 0.5) is 36.8 Å². The van der Waals surface area contributed by atoms with E-state index in [9.17, 15) is 28.0 Å². The van der Waals surface area contributed by atoms with Gasteiger partial charge in [0.15, 0.2) is 0 Å². The molecule has 0 spiro atoms. The minimum Gasteiger partial charge on any atom is -0.444 e. The summed E-state index contributed by atoms with van der Waals surface area (Å²) in [5.41, 5.74) is -3.21. The van der Waals surface area contributed by atoms with Crippen molar-refractivity contribution in [3.05, 3.63) is 71.6 Å². The van der Waals surface area contributed by atoms with Gasteiger partial charge in [-0.05, 0) is 57.9 Å². The molecule has 1 aliphatic rings. The predicted molar refractivity (Wildman–Crippen MR) is 160 cm³/mol. The summed E-state index contributed by atoms with van der Waals surface area (Å²) in [5, 5.41) is 22.5. The number of hydrogen-bond acceptors (Lipinski definition) is 8. The average molecular weight is 690 g/mol. The topological polar surface area (TPSA) is 139 Å². The molecule has 0 radical (unpaired) electrons. The normalized spacial score (nSPS) is 16.5. The summed E-state index contributed by atoms with van der Waals surface area (Å²) in [4.78, 5) is 27.6. The summed E-state index contributed by atoms with van der Waals surface area (Å²) < 4.78 is 97.1. The number of fused-ring (bicyclic) bond motifs is 1. The van der Waals surface area contributed by atoms with Crippen molar-refractivity contribution in [1.29, 1.82) is 5.26 Å². The maximum atomic E-state index is 15.9. The second-order valence-corrected chi connectivity index (χ2v) is 12.9. The summed E-state index contributed by atoms with van der Waals surface area (Å²) in [6, 6.07) is 7.45. The number of halogens is 6. The maximum absolute atomic E-state index is 15.9. The third-order valence-electron chi connectivity index (χ3n) is 7.43. The smallest absolute Gasteiger partial charge is 0.444 e. The van der Waals surface area contributed by atoms with Crippen LogP contribution in [0.5, 0.6) is 0 Å². The zero-order valence-corrected chi connectivity index (χ0v) is 26.7. The molecule has 0 unspecified atom stereocenters. The van der Waals surface area contributed by atoms with Crippen LogP contribution in [0, 0.1) is 17.1 Å². The molecular weight excluding hydrogens is 660 g/mol. The van der Waals surface area contributed by atoms with Gasteiger partial charge >= 0.3 is 12.4 Å². The minimum absolute atomic E-state index is 0.139. The molecule has 1 aliphatic heterocycles. The lowest BCUT2D eigenvalue weighted by Gasteiger charge is -2.27. The summed E-state index contributed by atoms with van der Waals surface area (Å²) in [5.74, 6) is -6.64. The van der Waals surface area contributed by atoms with Gasteiger partial charge in [-0.1, -0.05) is 24.3 Å². The van der Waals surface area contributed by atoms with E-state index in [1.807, 2.05) is 6.07 Å². The molecule has 2 amide bonds. The number of aromatic nitrogens is 4. The molecule has 2 aromatic heterocycles. The number of hydrogen-bond donors (Lipinski definition) is 1. The highest BCUT2D eigenvalue weighted by atomic mass is 19.4. The van der Waals surface area contributed by atoms with E-state index in [0.717, 1.165) is 23.4 Å². The highest BCUT2D eigenvalue weighted by Crippen LogP contribution is 2.45. The lowest BCUT2D eigenvalue weighted by Crippen LogP contribution is -2.49. The van der Waals surface area contributed by atoms with Gasteiger partial charge in [0.2, 0.25) is 11.8 Å². The zero-order chi connectivity index (χ0) is 36.1. The molecule has 5 rings (SSSR count). The fraction of sp³-hybridized carbons (Fsp3) is 0.375. The van der Waals surface area contributed by atoms with Crippen LogP contribution in [-0.4, -0.2) is 43.6 Å². The first-order chi connectivity index (χ1) is 22.7. The van der Waals surface area contributed by atoms with E-state index < -0.39 is 82.8 Å². The van der Waals surface area contributed by atoms with Crippen molar-refractivity contribution >= 4 is 17.7 Å². The zero-order valence-electron chi connectivity index (χ0n) is 26.7. The first-order valence-corrected chi connectivity index (χ1v) is 14.7. The van der Waals surface area contributed by atoms with Crippen LogP contribution in [0.3, 0.4) is 0 Å². The fourth-order valence-electron chi connectivity index (χ4n) is 4.96. The molecule has 1 N–H and O–H groups in total. The van der Waals surface area contributed by atoms with Crippen LogP contribution in [0.25, 0.3) is 22.6 Å².